The van der Waals surface area contributed by atoms with E-state index in [1.165, 1.54) is 0 Å². The van der Waals surface area contributed by atoms with Gasteiger partial charge in [0.2, 0.25) is 0 Å². The fourth-order valence-corrected chi connectivity index (χ4v) is 2.36. The SMILES string of the molecule is COc1ccc(NC(=S)N[C@@H](C)COc2ccccc2C)cc1. The Morgan fingerprint density at radius 3 is 2.48 bits per heavy atom. The van der Waals surface area contributed by atoms with Gasteiger partial charge in [0.15, 0.2) is 5.11 Å². The Morgan fingerprint density at radius 2 is 1.83 bits per heavy atom. The van der Waals surface area contributed by atoms with Gasteiger partial charge >= 0.3 is 0 Å². The molecule has 5 heteroatoms. The lowest BCUT2D eigenvalue weighted by Gasteiger charge is -2.18. The molecule has 0 bridgehead atoms. The van der Waals surface area contributed by atoms with Crippen LogP contribution in [0.1, 0.15) is 12.5 Å². The van der Waals surface area contributed by atoms with Crippen LogP contribution in [0, 0.1) is 6.92 Å². The second-order valence-electron chi connectivity index (χ2n) is 5.30. The topological polar surface area (TPSA) is 42.5 Å². The van der Waals surface area contributed by atoms with Crippen molar-refractivity contribution in [3.05, 3.63) is 54.1 Å². The lowest BCUT2D eigenvalue weighted by molar-refractivity contribution is 0.285. The number of hydrogen-bond donors (Lipinski definition) is 2. The van der Waals surface area contributed by atoms with Crippen molar-refractivity contribution in [2.45, 2.75) is 19.9 Å². The number of thiocarbonyl (C=S) groups is 1. The summed E-state index contributed by atoms with van der Waals surface area (Å²) in [6.45, 7) is 4.60. The molecule has 0 saturated carbocycles. The predicted octanol–water partition coefficient (Wildman–Crippen LogP) is 3.76. The lowest BCUT2D eigenvalue weighted by atomic mass is 10.2. The first-order valence-electron chi connectivity index (χ1n) is 7.48. The van der Waals surface area contributed by atoms with E-state index in [0.29, 0.717) is 11.7 Å². The second-order valence-corrected chi connectivity index (χ2v) is 5.71. The summed E-state index contributed by atoms with van der Waals surface area (Å²) < 4.78 is 10.9. The van der Waals surface area contributed by atoms with Crippen LogP contribution in [0.15, 0.2) is 48.5 Å². The van der Waals surface area contributed by atoms with Crippen LogP contribution in [-0.2, 0) is 0 Å². The molecule has 2 rings (SSSR count). The summed E-state index contributed by atoms with van der Waals surface area (Å²) in [6.07, 6.45) is 0. The maximum atomic E-state index is 5.81. The highest BCUT2D eigenvalue weighted by atomic mass is 32.1. The van der Waals surface area contributed by atoms with Crippen LogP contribution in [0.25, 0.3) is 0 Å². The van der Waals surface area contributed by atoms with Crippen molar-refractivity contribution in [3.63, 3.8) is 0 Å². The largest absolute Gasteiger partial charge is 0.497 e. The number of hydrogen-bond acceptors (Lipinski definition) is 3. The molecule has 1 atom stereocenters. The van der Waals surface area contributed by atoms with Crippen molar-refractivity contribution in [1.29, 1.82) is 0 Å². The molecule has 0 amide bonds. The van der Waals surface area contributed by atoms with Crippen molar-refractivity contribution in [2.24, 2.45) is 0 Å². The number of para-hydroxylation sites is 1. The van der Waals surface area contributed by atoms with Gasteiger partial charge in [-0.3, -0.25) is 0 Å². The molecule has 2 aromatic carbocycles. The van der Waals surface area contributed by atoms with E-state index in [4.69, 9.17) is 21.7 Å². The minimum absolute atomic E-state index is 0.0906. The molecule has 0 aliphatic heterocycles. The highest BCUT2D eigenvalue weighted by molar-refractivity contribution is 7.80. The van der Waals surface area contributed by atoms with Gasteiger partial charge < -0.3 is 20.1 Å². The molecule has 0 aromatic heterocycles. The number of ether oxygens (including phenoxy) is 2. The summed E-state index contributed by atoms with van der Waals surface area (Å²) in [5.74, 6) is 1.71. The van der Waals surface area contributed by atoms with Gasteiger partial charge in [0.1, 0.15) is 18.1 Å². The minimum atomic E-state index is 0.0906. The molecule has 0 aliphatic rings. The number of aryl methyl sites for hydroxylation is 1. The van der Waals surface area contributed by atoms with Crippen molar-refractivity contribution < 1.29 is 9.47 Å². The molecule has 0 fully saturated rings. The number of anilines is 1. The fourth-order valence-electron chi connectivity index (χ4n) is 2.04. The minimum Gasteiger partial charge on any atom is -0.497 e. The smallest absolute Gasteiger partial charge is 0.171 e. The van der Waals surface area contributed by atoms with Gasteiger partial charge in [-0.1, -0.05) is 18.2 Å². The molecule has 2 aromatic rings. The highest BCUT2D eigenvalue weighted by Gasteiger charge is 2.07. The first-order valence-corrected chi connectivity index (χ1v) is 7.89. The summed E-state index contributed by atoms with van der Waals surface area (Å²) >= 11 is 5.32. The molecule has 0 aliphatic carbocycles. The van der Waals surface area contributed by atoms with Gasteiger partial charge in [0, 0.05) is 5.69 Å². The molecule has 0 spiro atoms. The third-order valence-electron chi connectivity index (χ3n) is 3.31. The summed E-state index contributed by atoms with van der Waals surface area (Å²) in [5, 5.41) is 6.92. The van der Waals surface area contributed by atoms with Crippen LogP contribution in [0.2, 0.25) is 0 Å². The summed E-state index contributed by atoms with van der Waals surface area (Å²) in [7, 11) is 1.64. The second kappa shape index (κ2) is 8.39. The standard InChI is InChI=1S/C18H22N2O2S/c1-13-6-4-5-7-17(13)22-12-14(2)19-18(23)20-15-8-10-16(21-3)11-9-15/h4-11,14H,12H2,1-3H3,(H2,19,20,23)/t14-/m0/s1. The van der Waals surface area contributed by atoms with Gasteiger partial charge in [0.05, 0.1) is 13.2 Å². The molecular formula is C18H22N2O2S. The van der Waals surface area contributed by atoms with Crippen molar-refractivity contribution in [3.8, 4) is 11.5 Å². The van der Waals surface area contributed by atoms with Crippen LogP contribution in [-0.4, -0.2) is 24.9 Å². The Kier molecular flexibility index (Phi) is 6.23. The monoisotopic (exact) mass is 330 g/mol. The first-order chi connectivity index (χ1) is 11.1. The Labute approximate surface area is 142 Å². The number of methoxy groups -OCH3 is 1. The van der Waals surface area contributed by atoms with Gasteiger partial charge in [0.25, 0.3) is 0 Å². The molecule has 0 radical (unpaired) electrons. The van der Waals surface area contributed by atoms with Crippen LogP contribution >= 0.6 is 12.2 Å². The Balaban J connectivity index is 1.79. The lowest BCUT2D eigenvalue weighted by Crippen LogP contribution is -2.39. The Hall–Kier alpha value is -2.27. The quantitative estimate of drug-likeness (QED) is 0.790. The van der Waals surface area contributed by atoms with Gasteiger partial charge in [-0.05, 0) is 62.0 Å². The fraction of sp³-hybridized carbons (Fsp3) is 0.278. The van der Waals surface area contributed by atoms with E-state index in [0.717, 1.165) is 22.7 Å². The Morgan fingerprint density at radius 1 is 1.13 bits per heavy atom. The molecule has 0 heterocycles. The maximum Gasteiger partial charge on any atom is 0.171 e. The third kappa shape index (κ3) is 5.45. The van der Waals surface area contributed by atoms with Gasteiger partial charge in [-0.15, -0.1) is 0 Å². The van der Waals surface area contributed by atoms with Crippen molar-refractivity contribution >= 4 is 23.0 Å². The molecule has 122 valence electrons. The normalized spacial score (nSPS) is 11.4. The average molecular weight is 330 g/mol. The maximum absolute atomic E-state index is 5.81. The highest BCUT2D eigenvalue weighted by Crippen LogP contribution is 2.16. The molecule has 0 unspecified atom stereocenters. The van der Waals surface area contributed by atoms with Crippen molar-refractivity contribution in [1.82, 2.24) is 5.32 Å². The number of rotatable bonds is 6. The Bertz CT molecular complexity index is 644. The van der Waals surface area contributed by atoms with Crippen molar-refractivity contribution in [2.75, 3.05) is 19.0 Å². The van der Waals surface area contributed by atoms with Crippen LogP contribution in [0.4, 0.5) is 5.69 Å². The van der Waals surface area contributed by atoms with E-state index >= 15 is 0 Å². The summed E-state index contributed by atoms with van der Waals surface area (Å²) in [5.41, 5.74) is 2.04. The van der Waals surface area contributed by atoms with E-state index in [2.05, 4.69) is 10.6 Å². The van der Waals surface area contributed by atoms with E-state index in [1.54, 1.807) is 7.11 Å². The molecule has 2 N–H and O–H groups in total. The van der Waals surface area contributed by atoms with Gasteiger partial charge in [-0.2, -0.15) is 0 Å². The predicted molar refractivity (Wildman–Crippen MR) is 98.5 cm³/mol. The number of benzene rings is 2. The average Bonchev–Trinajstić information content (AvgIpc) is 2.54. The zero-order valence-corrected chi connectivity index (χ0v) is 14.4. The molecule has 4 nitrogen and oxygen atoms in total. The molecule has 0 saturated heterocycles. The summed E-state index contributed by atoms with van der Waals surface area (Å²) in [6, 6.07) is 15.7. The summed E-state index contributed by atoms with van der Waals surface area (Å²) in [4.78, 5) is 0. The van der Waals surface area contributed by atoms with Crippen LogP contribution < -0.4 is 20.1 Å². The van der Waals surface area contributed by atoms with E-state index < -0.39 is 0 Å². The molecular weight excluding hydrogens is 308 g/mol. The van der Waals surface area contributed by atoms with E-state index in [9.17, 15) is 0 Å². The number of nitrogens with one attached hydrogen (secondary N) is 2. The first kappa shape index (κ1) is 17.1. The van der Waals surface area contributed by atoms with Crippen LogP contribution in [0.3, 0.4) is 0 Å². The van der Waals surface area contributed by atoms with E-state index in [1.807, 2.05) is 62.4 Å². The zero-order chi connectivity index (χ0) is 16.7. The zero-order valence-electron chi connectivity index (χ0n) is 13.6. The van der Waals surface area contributed by atoms with Crippen LogP contribution in [0.5, 0.6) is 11.5 Å². The van der Waals surface area contributed by atoms with E-state index in [-0.39, 0.29) is 6.04 Å². The van der Waals surface area contributed by atoms with Gasteiger partial charge in [-0.25, -0.2) is 0 Å². The third-order valence-corrected chi connectivity index (χ3v) is 3.53. The molecule has 23 heavy (non-hydrogen) atoms.